The molecule has 0 aliphatic carbocycles. The Morgan fingerprint density at radius 2 is 1.58 bits per heavy atom. The third kappa shape index (κ3) is 9.78. The molecule has 0 saturated heterocycles. The van der Waals surface area contributed by atoms with Crippen LogP contribution in [0.2, 0.25) is 0 Å². The molecule has 12 heavy (non-hydrogen) atoms. The summed E-state index contributed by atoms with van der Waals surface area (Å²) in [6, 6.07) is 0. The Labute approximate surface area is 70.0 Å². The predicted octanol–water partition coefficient (Wildman–Crippen LogP) is -0.916. The van der Waals surface area contributed by atoms with Crippen LogP contribution in [0.25, 0.3) is 0 Å². The zero-order valence-corrected chi connectivity index (χ0v) is 7.51. The Kier molecular flexibility index (Phi) is 4.06. The molecule has 7 nitrogen and oxygen atoms in total. The first-order chi connectivity index (χ1) is 5.21. The van der Waals surface area contributed by atoms with Gasteiger partial charge < -0.3 is 0 Å². The van der Waals surface area contributed by atoms with E-state index in [1.165, 1.54) is 0 Å². The molecule has 0 aromatic carbocycles. The summed E-state index contributed by atoms with van der Waals surface area (Å²) in [5, 5.41) is 0. The van der Waals surface area contributed by atoms with E-state index in [0.29, 0.717) is 0 Å². The zero-order valence-electron chi connectivity index (χ0n) is 5.87. The summed E-state index contributed by atoms with van der Waals surface area (Å²) in [6.07, 6.45) is -0.210. The second-order valence-electron chi connectivity index (χ2n) is 1.89. The molecular formula is C3H8O7S2. The van der Waals surface area contributed by atoms with Crippen LogP contribution in [0.15, 0.2) is 0 Å². The Bertz CT molecular complexity index is 277. The van der Waals surface area contributed by atoms with E-state index in [0.717, 1.165) is 0 Å². The third-order valence-corrected chi connectivity index (χ3v) is 2.05. The maximum absolute atomic E-state index is 10.0. The molecule has 0 aromatic heterocycles. The van der Waals surface area contributed by atoms with Gasteiger partial charge in [-0.2, -0.15) is 16.8 Å². The van der Waals surface area contributed by atoms with E-state index in [4.69, 9.17) is 9.11 Å². The molecule has 9 heteroatoms. The molecule has 0 fully saturated rings. The average molecular weight is 220 g/mol. The lowest BCUT2D eigenvalue weighted by atomic mass is 10.5. The van der Waals surface area contributed by atoms with Crippen molar-refractivity contribution >= 4 is 20.5 Å². The van der Waals surface area contributed by atoms with Crippen molar-refractivity contribution in [1.29, 1.82) is 0 Å². The summed E-state index contributed by atoms with van der Waals surface area (Å²) in [7, 11) is -8.62. The normalized spacial score (nSPS) is 13.2. The fourth-order valence-electron chi connectivity index (χ4n) is 0.406. The van der Waals surface area contributed by atoms with Gasteiger partial charge in [0, 0.05) is 0 Å². The van der Waals surface area contributed by atoms with Crippen LogP contribution >= 0.6 is 0 Å². The van der Waals surface area contributed by atoms with Gasteiger partial charge in [-0.1, -0.05) is 0 Å². The molecule has 0 amide bonds. The largest absolute Gasteiger partial charge is 0.397 e. The molecule has 0 atom stereocenters. The van der Waals surface area contributed by atoms with Crippen LogP contribution in [0, 0.1) is 0 Å². The second-order valence-corrected chi connectivity index (χ2v) is 4.55. The average Bonchev–Trinajstić information content (AvgIpc) is 1.76. The lowest BCUT2D eigenvalue weighted by molar-refractivity contribution is 0.268. The van der Waals surface area contributed by atoms with Crippen molar-refractivity contribution in [2.75, 3.05) is 12.4 Å². The lowest BCUT2D eigenvalue weighted by Gasteiger charge is -1.97. The van der Waals surface area contributed by atoms with Gasteiger partial charge in [-0.25, -0.2) is 4.18 Å². The first-order valence-electron chi connectivity index (χ1n) is 2.78. The van der Waals surface area contributed by atoms with Crippen molar-refractivity contribution in [3.05, 3.63) is 0 Å². The maximum Gasteiger partial charge on any atom is 0.397 e. The highest BCUT2D eigenvalue weighted by Gasteiger charge is 2.07. The molecule has 74 valence electrons. The fourth-order valence-corrected chi connectivity index (χ4v) is 1.22. The number of rotatable bonds is 5. The van der Waals surface area contributed by atoms with Gasteiger partial charge in [0.1, 0.15) is 0 Å². The Hall–Kier alpha value is -0.220. The number of hydrogen-bond acceptors (Lipinski definition) is 5. The monoisotopic (exact) mass is 220 g/mol. The van der Waals surface area contributed by atoms with Crippen molar-refractivity contribution < 1.29 is 30.1 Å². The molecule has 0 aliphatic rings. The van der Waals surface area contributed by atoms with Gasteiger partial charge in [0.05, 0.1) is 12.4 Å². The van der Waals surface area contributed by atoms with E-state index in [1.54, 1.807) is 0 Å². The van der Waals surface area contributed by atoms with E-state index >= 15 is 0 Å². The minimum Gasteiger partial charge on any atom is -0.286 e. The Morgan fingerprint density at radius 1 is 1.08 bits per heavy atom. The van der Waals surface area contributed by atoms with Gasteiger partial charge in [0.25, 0.3) is 10.1 Å². The summed E-state index contributed by atoms with van der Waals surface area (Å²) in [5.41, 5.74) is 0. The van der Waals surface area contributed by atoms with E-state index < -0.39 is 32.9 Å². The van der Waals surface area contributed by atoms with Crippen LogP contribution in [0.4, 0.5) is 0 Å². The summed E-state index contributed by atoms with van der Waals surface area (Å²) < 4.78 is 59.8. The van der Waals surface area contributed by atoms with E-state index in [1.807, 2.05) is 0 Å². The van der Waals surface area contributed by atoms with Crippen LogP contribution in [0.5, 0.6) is 0 Å². The molecule has 0 unspecified atom stereocenters. The van der Waals surface area contributed by atoms with Crippen LogP contribution in [0.3, 0.4) is 0 Å². The standard InChI is InChI=1S/C3H8O7S2/c4-11(5,6)3-1-2-10-12(7,8)9/h1-3H2,(H,4,5,6)(H,7,8,9). The summed E-state index contributed by atoms with van der Waals surface area (Å²) in [5.74, 6) is -0.609. The van der Waals surface area contributed by atoms with Gasteiger partial charge in [-0.05, 0) is 6.42 Å². The molecule has 0 saturated carbocycles. The first-order valence-corrected chi connectivity index (χ1v) is 5.75. The van der Waals surface area contributed by atoms with Crippen molar-refractivity contribution in [1.82, 2.24) is 0 Å². The first kappa shape index (κ1) is 11.8. The summed E-state index contributed by atoms with van der Waals surface area (Å²) in [6.45, 7) is -0.487. The number of hydrogen-bond donors (Lipinski definition) is 2. The van der Waals surface area contributed by atoms with Crippen LogP contribution in [-0.2, 0) is 24.7 Å². The van der Waals surface area contributed by atoms with Crippen LogP contribution in [-0.4, -0.2) is 38.3 Å². The molecule has 0 rings (SSSR count). The molecule has 0 spiro atoms. The van der Waals surface area contributed by atoms with Crippen molar-refractivity contribution in [3.8, 4) is 0 Å². The fraction of sp³-hybridized carbons (Fsp3) is 1.00. The highest BCUT2D eigenvalue weighted by molar-refractivity contribution is 7.85. The van der Waals surface area contributed by atoms with E-state index in [-0.39, 0.29) is 6.42 Å². The van der Waals surface area contributed by atoms with Crippen molar-refractivity contribution in [2.24, 2.45) is 0 Å². The van der Waals surface area contributed by atoms with Crippen molar-refractivity contribution in [3.63, 3.8) is 0 Å². The molecule has 2 N–H and O–H groups in total. The lowest BCUT2D eigenvalue weighted by Crippen LogP contribution is -2.10. The molecule has 0 heterocycles. The van der Waals surface area contributed by atoms with E-state index in [2.05, 4.69) is 4.18 Å². The quantitative estimate of drug-likeness (QED) is 0.454. The highest BCUT2D eigenvalue weighted by atomic mass is 32.3. The van der Waals surface area contributed by atoms with Crippen molar-refractivity contribution in [2.45, 2.75) is 6.42 Å². The summed E-state index contributed by atoms with van der Waals surface area (Å²) >= 11 is 0. The third-order valence-electron chi connectivity index (χ3n) is 0.779. The SMILES string of the molecule is O=S(=O)(O)CCCOS(=O)(=O)O. The van der Waals surface area contributed by atoms with Crippen LogP contribution in [0.1, 0.15) is 6.42 Å². The van der Waals surface area contributed by atoms with Gasteiger partial charge in [-0.3, -0.25) is 9.11 Å². The topological polar surface area (TPSA) is 118 Å². The highest BCUT2D eigenvalue weighted by Crippen LogP contribution is 1.92. The molecule has 0 aromatic rings. The minimum absolute atomic E-state index is 0.210. The van der Waals surface area contributed by atoms with Crippen LogP contribution < -0.4 is 0 Å². The van der Waals surface area contributed by atoms with Gasteiger partial charge in [0.2, 0.25) is 0 Å². The molecule has 0 radical (unpaired) electrons. The van der Waals surface area contributed by atoms with Gasteiger partial charge in [0.15, 0.2) is 0 Å². The van der Waals surface area contributed by atoms with E-state index in [9.17, 15) is 16.8 Å². The van der Waals surface area contributed by atoms with Gasteiger partial charge in [-0.15, -0.1) is 0 Å². The second kappa shape index (κ2) is 4.14. The Balaban J connectivity index is 3.62. The summed E-state index contributed by atoms with van der Waals surface area (Å²) in [4.78, 5) is 0. The van der Waals surface area contributed by atoms with Gasteiger partial charge >= 0.3 is 10.4 Å². The smallest absolute Gasteiger partial charge is 0.286 e. The molecule has 0 aliphatic heterocycles. The zero-order chi connectivity index (χ0) is 9.83. The minimum atomic E-state index is -4.52. The predicted molar refractivity (Wildman–Crippen MR) is 38.5 cm³/mol. The molecule has 0 bridgehead atoms. The maximum atomic E-state index is 10.0. The Morgan fingerprint density at radius 3 is 1.92 bits per heavy atom. The molecular weight excluding hydrogens is 212 g/mol.